The molecule has 170 valence electrons. The number of pyridine rings is 1. The molecule has 0 aliphatic carbocycles. The van der Waals surface area contributed by atoms with Crippen LogP contribution >= 0.6 is 11.6 Å². The van der Waals surface area contributed by atoms with E-state index in [0.29, 0.717) is 52.1 Å². The maximum atomic E-state index is 12.7. The van der Waals surface area contributed by atoms with Gasteiger partial charge in [-0.3, -0.25) is 4.79 Å². The molecule has 0 aliphatic heterocycles. The molecule has 5 rings (SSSR count). The summed E-state index contributed by atoms with van der Waals surface area (Å²) >= 11 is 6.38. The number of amides is 1. The number of hydrogen-bond donors (Lipinski definition) is 5. The van der Waals surface area contributed by atoms with E-state index in [2.05, 4.69) is 30.2 Å². The maximum Gasteiger partial charge on any atom is 0.252 e. The van der Waals surface area contributed by atoms with Crippen molar-refractivity contribution in [3.05, 3.63) is 77.5 Å². The molecule has 0 saturated heterocycles. The molecule has 0 saturated carbocycles. The third-order valence-corrected chi connectivity index (χ3v) is 5.70. The minimum absolute atomic E-state index is 0.00798. The van der Waals surface area contributed by atoms with E-state index < -0.39 is 0 Å². The van der Waals surface area contributed by atoms with Gasteiger partial charge >= 0.3 is 0 Å². The van der Waals surface area contributed by atoms with E-state index >= 15 is 0 Å². The molecule has 0 atom stereocenters. The lowest BCUT2D eigenvalue weighted by atomic mass is 10.0. The van der Waals surface area contributed by atoms with Gasteiger partial charge in [-0.15, -0.1) is 0 Å². The Balaban J connectivity index is 1.44. The van der Waals surface area contributed by atoms with Crippen molar-refractivity contribution in [1.82, 2.24) is 30.2 Å². The van der Waals surface area contributed by atoms with Crippen LogP contribution in [0.5, 0.6) is 11.6 Å². The molecular weight excluding hydrogens is 456 g/mol. The fourth-order valence-electron chi connectivity index (χ4n) is 3.67. The highest BCUT2D eigenvalue weighted by molar-refractivity contribution is 6.34. The fraction of sp³-hybridized carbons (Fsp3) is 0.0833. The predicted molar refractivity (Wildman–Crippen MR) is 128 cm³/mol. The summed E-state index contributed by atoms with van der Waals surface area (Å²) in [6.07, 6.45) is 5.44. The van der Waals surface area contributed by atoms with Crippen LogP contribution in [0, 0.1) is 0 Å². The number of nitrogens with zero attached hydrogens (tertiary/aromatic N) is 3. The molecule has 0 unspecified atom stereocenters. The Labute approximate surface area is 198 Å². The first kappa shape index (κ1) is 21.5. The molecule has 0 fully saturated rings. The number of benzene rings is 2. The van der Waals surface area contributed by atoms with E-state index in [1.165, 1.54) is 12.3 Å². The number of hydrogen-bond acceptors (Lipinski definition) is 6. The summed E-state index contributed by atoms with van der Waals surface area (Å²) in [5.74, 6) is -0.0270. The Kier molecular flexibility index (Phi) is 5.60. The Morgan fingerprint density at radius 2 is 1.97 bits per heavy atom. The number of fused-ring (bicyclic) bond motifs is 1. The first-order valence-electron chi connectivity index (χ1n) is 10.4. The molecular formula is C24H19ClN6O3. The molecule has 0 aliphatic rings. The highest BCUT2D eigenvalue weighted by atomic mass is 35.5. The third-order valence-electron chi connectivity index (χ3n) is 5.39. The molecule has 3 aromatic heterocycles. The summed E-state index contributed by atoms with van der Waals surface area (Å²) in [7, 11) is 0. The number of rotatable bonds is 6. The van der Waals surface area contributed by atoms with Crippen molar-refractivity contribution in [1.29, 1.82) is 0 Å². The number of carbonyl (C=O) groups excluding carboxylic acids is 1. The Hall–Kier alpha value is -4.37. The summed E-state index contributed by atoms with van der Waals surface area (Å²) in [5.41, 5.74) is 3.89. The van der Waals surface area contributed by atoms with E-state index in [4.69, 9.17) is 11.6 Å². The number of carbonyl (C=O) groups is 1. The van der Waals surface area contributed by atoms with Crippen LogP contribution in [0.4, 0.5) is 0 Å². The summed E-state index contributed by atoms with van der Waals surface area (Å²) in [6.45, 7) is 0.408. The summed E-state index contributed by atoms with van der Waals surface area (Å²) in [4.78, 5) is 31.3. The molecule has 2 aromatic carbocycles. The van der Waals surface area contributed by atoms with Gasteiger partial charge in [0.2, 0.25) is 5.88 Å². The van der Waals surface area contributed by atoms with Gasteiger partial charge in [0.1, 0.15) is 11.6 Å². The largest absolute Gasteiger partial charge is 0.507 e. The van der Waals surface area contributed by atoms with E-state index in [0.717, 1.165) is 5.69 Å². The van der Waals surface area contributed by atoms with Crippen molar-refractivity contribution in [3.8, 4) is 34.1 Å². The lowest BCUT2D eigenvalue weighted by Gasteiger charge is -2.07. The van der Waals surface area contributed by atoms with Gasteiger partial charge in [0, 0.05) is 30.9 Å². The maximum absolute atomic E-state index is 12.7. The zero-order valence-corrected chi connectivity index (χ0v) is 18.5. The lowest BCUT2D eigenvalue weighted by Crippen LogP contribution is -2.26. The SMILES string of the molecule is O=C(NCCc1c[nH]cn1)c1cc2nc(-c3cc(-c4cccnc4O)ccc3O)[nH]c2cc1Cl. The monoisotopic (exact) mass is 474 g/mol. The molecule has 1 amide bonds. The van der Waals surface area contributed by atoms with Crippen LogP contribution in [0.1, 0.15) is 16.1 Å². The number of aromatic hydroxyl groups is 2. The second-order valence-electron chi connectivity index (χ2n) is 7.61. The summed E-state index contributed by atoms with van der Waals surface area (Å²) < 4.78 is 0. The van der Waals surface area contributed by atoms with Crippen LogP contribution in [0.15, 0.2) is 61.2 Å². The molecule has 9 nitrogen and oxygen atoms in total. The highest BCUT2D eigenvalue weighted by Crippen LogP contribution is 2.36. The zero-order chi connectivity index (χ0) is 23.7. The lowest BCUT2D eigenvalue weighted by molar-refractivity contribution is 0.0954. The molecule has 3 heterocycles. The molecule has 10 heteroatoms. The quantitative estimate of drug-likeness (QED) is 0.251. The summed E-state index contributed by atoms with van der Waals surface area (Å²) in [5, 5.41) is 23.7. The van der Waals surface area contributed by atoms with Crippen molar-refractivity contribution in [2.75, 3.05) is 6.54 Å². The Morgan fingerprint density at radius 1 is 1.09 bits per heavy atom. The molecule has 0 bridgehead atoms. The second kappa shape index (κ2) is 8.87. The normalized spacial score (nSPS) is 11.1. The van der Waals surface area contributed by atoms with Crippen LogP contribution in [0.3, 0.4) is 0 Å². The second-order valence-corrected chi connectivity index (χ2v) is 8.01. The topological polar surface area (TPSA) is 140 Å². The molecule has 0 spiro atoms. The minimum atomic E-state index is -0.316. The number of aromatic nitrogens is 5. The van der Waals surface area contributed by atoms with Gasteiger partial charge in [0.25, 0.3) is 5.91 Å². The van der Waals surface area contributed by atoms with E-state index in [1.54, 1.807) is 48.9 Å². The van der Waals surface area contributed by atoms with Gasteiger partial charge in [-0.05, 0) is 42.0 Å². The van der Waals surface area contributed by atoms with E-state index in [1.807, 2.05) is 0 Å². The van der Waals surface area contributed by atoms with Crippen LogP contribution in [-0.2, 0) is 6.42 Å². The fourth-order valence-corrected chi connectivity index (χ4v) is 3.92. The van der Waals surface area contributed by atoms with Crippen molar-refractivity contribution in [2.45, 2.75) is 6.42 Å². The molecule has 5 aromatic rings. The zero-order valence-electron chi connectivity index (χ0n) is 17.7. The summed E-state index contributed by atoms with van der Waals surface area (Å²) in [6, 6.07) is 11.6. The van der Waals surface area contributed by atoms with Gasteiger partial charge in [-0.25, -0.2) is 15.0 Å². The minimum Gasteiger partial charge on any atom is -0.507 e. The highest BCUT2D eigenvalue weighted by Gasteiger charge is 2.17. The van der Waals surface area contributed by atoms with Gasteiger partial charge in [0.15, 0.2) is 0 Å². The van der Waals surface area contributed by atoms with Crippen LogP contribution in [0.2, 0.25) is 5.02 Å². The number of nitrogens with one attached hydrogen (secondary N) is 3. The van der Waals surface area contributed by atoms with Gasteiger partial charge in [-0.1, -0.05) is 17.7 Å². The molecule has 0 radical (unpaired) electrons. The van der Waals surface area contributed by atoms with Crippen molar-refractivity contribution < 1.29 is 15.0 Å². The van der Waals surface area contributed by atoms with Crippen molar-refractivity contribution in [2.24, 2.45) is 0 Å². The Bertz CT molecular complexity index is 1500. The van der Waals surface area contributed by atoms with Gasteiger partial charge < -0.3 is 25.5 Å². The molecule has 34 heavy (non-hydrogen) atoms. The van der Waals surface area contributed by atoms with Crippen LogP contribution in [-0.4, -0.2) is 47.6 Å². The average molecular weight is 475 g/mol. The van der Waals surface area contributed by atoms with E-state index in [9.17, 15) is 15.0 Å². The number of phenols is 1. The average Bonchev–Trinajstić information content (AvgIpc) is 3.49. The molecule has 5 N–H and O–H groups in total. The number of imidazole rings is 2. The number of H-pyrrole nitrogens is 2. The van der Waals surface area contributed by atoms with Crippen LogP contribution in [0.25, 0.3) is 33.5 Å². The van der Waals surface area contributed by atoms with E-state index in [-0.39, 0.29) is 22.6 Å². The van der Waals surface area contributed by atoms with Gasteiger partial charge in [-0.2, -0.15) is 0 Å². The van der Waals surface area contributed by atoms with Crippen molar-refractivity contribution >= 4 is 28.5 Å². The van der Waals surface area contributed by atoms with Gasteiger partial charge in [0.05, 0.1) is 39.2 Å². The smallest absolute Gasteiger partial charge is 0.252 e. The first-order valence-corrected chi connectivity index (χ1v) is 10.8. The number of aromatic amines is 2. The number of halogens is 1. The van der Waals surface area contributed by atoms with Crippen molar-refractivity contribution in [3.63, 3.8) is 0 Å². The Morgan fingerprint density at radius 3 is 2.76 bits per heavy atom. The number of phenolic OH excluding ortho intramolecular Hbond substituents is 1. The first-order chi connectivity index (χ1) is 16.5. The predicted octanol–water partition coefficient (Wildman–Crippen LogP) is 4.05. The third kappa shape index (κ3) is 4.16. The standard InChI is InChI=1S/C24H19ClN6O3/c25-18-10-20-19(9-16(18)24(34)28-7-5-14-11-26-12-29-14)30-22(31-20)17-8-13(3-4-21(17)32)15-2-1-6-27-23(15)33/h1-4,6,8-12,32H,5,7H2,(H,26,29)(H,27,33)(H,28,34)(H,30,31). The van der Waals surface area contributed by atoms with Crippen LogP contribution < -0.4 is 5.32 Å².